The molecular weight excluding hydrogens is 673 g/mol. The summed E-state index contributed by atoms with van der Waals surface area (Å²) in [5, 5.41) is 18.0. The molecule has 56 heavy (non-hydrogen) atoms. The Labute approximate surface area is 324 Å². The van der Waals surface area contributed by atoms with Crippen LogP contribution in [0.1, 0.15) is 0 Å². The minimum absolute atomic E-state index is 1.25. The summed E-state index contributed by atoms with van der Waals surface area (Å²) in [6, 6.07) is 76.6. The molecule has 0 unspecified atom stereocenters. The van der Waals surface area contributed by atoms with Gasteiger partial charge in [-0.05, 0) is 120 Å². The second-order valence-electron chi connectivity index (χ2n) is 15.1. The first-order valence-corrected chi connectivity index (χ1v) is 19.5. The maximum Gasteiger partial charge on any atom is -0.00203 e. The molecule has 12 rings (SSSR count). The first-order valence-electron chi connectivity index (χ1n) is 19.5. The van der Waals surface area contributed by atoms with Crippen molar-refractivity contribution in [2.24, 2.45) is 0 Å². The molecule has 0 heteroatoms. The maximum atomic E-state index is 2.35. The van der Waals surface area contributed by atoms with Gasteiger partial charge in [0.25, 0.3) is 0 Å². The minimum atomic E-state index is 1.25. The van der Waals surface area contributed by atoms with E-state index in [4.69, 9.17) is 0 Å². The molecule has 0 atom stereocenters. The summed E-state index contributed by atoms with van der Waals surface area (Å²) in [7, 11) is 0. The molecule has 0 radical (unpaired) electrons. The first kappa shape index (κ1) is 31.1. The lowest BCUT2D eigenvalue weighted by Gasteiger charge is -2.19. The Morgan fingerprint density at radius 2 is 0.446 bits per heavy atom. The Morgan fingerprint density at radius 1 is 0.143 bits per heavy atom. The van der Waals surface area contributed by atoms with Crippen LogP contribution in [0.25, 0.3) is 120 Å². The van der Waals surface area contributed by atoms with Crippen LogP contribution in [-0.2, 0) is 0 Å². The summed E-state index contributed by atoms with van der Waals surface area (Å²) in [5.74, 6) is 0. The molecule has 0 fully saturated rings. The Balaban J connectivity index is 1.07. The van der Waals surface area contributed by atoms with Gasteiger partial charge in [0.2, 0.25) is 0 Å². The molecule has 0 aliphatic rings. The van der Waals surface area contributed by atoms with Crippen molar-refractivity contribution in [2.45, 2.75) is 0 Å². The maximum absolute atomic E-state index is 2.35. The number of hydrogen-bond acceptors (Lipinski definition) is 0. The van der Waals surface area contributed by atoms with Crippen molar-refractivity contribution < 1.29 is 0 Å². The highest BCUT2D eigenvalue weighted by molar-refractivity contribution is 6.28. The fraction of sp³-hybridized carbons (Fsp3) is 0. The van der Waals surface area contributed by atoms with Gasteiger partial charge >= 0.3 is 0 Å². The van der Waals surface area contributed by atoms with Gasteiger partial charge in [-0.25, -0.2) is 0 Å². The van der Waals surface area contributed by atoms with Crippen molar-refractivity contribution in [2.75, 3.05) is 0 Å². The SMILES string of the molecule is c1ccc(-c2ccc3ccc4c(-c5ccccc5-c5cccc6c5ccc5ccccc56)ccc5ccc2c3c54)c(-c2cccc3c2ccc2ccccc23)c1. The smallest absolute Gasteiger partial charge is 0.00203 e. The van der Waals surface area contributed by atoms with Crippen LogP contribution in [0.2, 0.25) is 0 Å². The molecule has 0 aliphatic heterocycles. The van der Waals surface area contributed by atoms with Crippen LogP contribution < -0.4 is 0 Å². The van der Waals surface area contributed by atoms with Gasteiger partial charge in [0.05, 0.1) is 0 Å². The van der Waals surface area contributed by atoms with Gasteiger partial charge in [0, 0.05) is 0 Å². The second-order valence-corrected chi connectivity index (χ2v) is 15.1. The fourth-order valence-corrected chi connectivity index (χ4v) is 9.73. The summed E-state index contributed by atoms with van der Waals surface area (Å²) in [6.07, 6.45) is 0. The number of hydrogen-bond donors (Lipinski definition) is 0. The molecule has 0 heterocycles. The topological polar surface area (TPSA) is 0 Å². The molecule has 12 aromatic carbocycles. The van der Waals surface area contributed by atoms with E-state index in [1.165, 1.54) is 120 Å². The molecule has 258 valence electrons. The Bertz CT molecular complexity index is 3290. The van der Waals surface area contributed by atoms with Gasteiger partial charge in [-0.1, -0.05) is 206 Å². The van der Waals surface area contributed by atoms with E-state index in [2.05, 4.69) is 206 Å². The zero-order valence-corrected chi connectivity index (χ0v) is 30.6. The molecule has 0 N–H and O–H groups in total. The van der Waals surface area contributed by atoms with E-state index in [0.717, 1.165) is 0 Å². The monoisotopic (exact) mass is 706 g/mol. The predicted molar refractivity (Wildman–Crippen MR) is 242 cm³/mol. The highest BCUT2D eigenvalue weighted by atomic mass is 14.2. The van der Waals surface area contributed by atoms with E-state index < -0.39 is 0 Å². The van der Waals surface area contributed by atoms with Crippen molar-refractivity contribution in [1.29, 1.82) is 0 Å². The van der Waals surface area contributed by atoms with E-state index in [9.17, 15) is 0 Å². The molecule has 0 aliphatic carbocycles. The average molecular weight is 707 g/mol. The minimum Gasteiger partial charge on any atom is -0.0616 e. The van der Waals surface area contributed by atoms with Gasteiger partial charge < -0.3 is 0 Å². The van der Waals surface area contributed by atoms with Crippen LogP contribution >= 0.6 is 0 Å². The molecule has 0 saturated heterocycles. The number of benzene rings is 12. The Morgan fingerprint density at radius 3 is 0.893 bits per heavy atom. The zero-order chi connectivity index (χ0) is 36.7. The third-order valence-electron chi connectivity index (χ3n) is 12.3. The lowest BCUT2D eigenvalue weighted by atomic mass is 9.84. The molecule has 0 bridgehead atoms. The molecule has 0 aromatic heterocycles. The second kappa shape index (κ2) is 12.1. The summed E-state index contributed by atoms with van der Waals surface area (Å²) in [6.45, 7) is 0. The van der Waals surface area contributed by atoms with E-state index in [-0.39, 0.29) is 0 Å². The first-order chi connectivity index (χ1) is 27.8. The van der Waals surface area contributed by atoms with Gasteiger partial charge in [0.15, 0.2) is 0 Å². The summed E-state index contributed by atoms with van der Waals surface area (Å²) < 4.78 is 0. The van der Waals surface area contributed by atoms with Gasteiger partial charge in [0.1, 0.15) is 0 Å². The van der Waals surface area contributed by atoms with Gasteiger partial charge in [-0.2, -0.15) is 0 Å². The van der Waals surface area contributed by atoms with E-state index in [0.29, 0.717) is 0 Å². The lowest BCUT2D eigenvalue weighted by molar-refractivity contribution is 1.62. The number of fused-ring (bicyclic) bond motifs is 6. The standard InChI is InChI=1S/C56H34/c1-3-13-39-35(11-1)23-29-49-41(39)19-9-21-47(49)43-15-5-7-17-45(43)51-31-25-37-28-34-54-52(32-26-38-27-33-53(51)55(37)56(38)54)46-18-8-6-16-44(46)48-22-10-20-42-40-14-4-2-12-36(40)24-30-50(42)48/h1-34H. The summed E-state index contributed by atoms with van der Waals surface area (Å²) in [4.78, 5) is 0. The van der Waals surface area contributed by atoms with E-state index in [1.807, 2.05) is 0 Å². The molecular formula is C56H34. The molecule has 0 amide bonds. The van der Waals surface area contributed by atoms with Crippen LogP contribution in [0.4, 0.5) is 0 Å². The van der Waals surface area contributed by atoms with Crippen LogP contribution in [0.3, 0.4) is 0 Å². The van der Waals surface area contributed by atoms with Crippen LogP contribution in [0.5, 0.6) is 0 Å². The van der Waals surface area contributed by atoms with Crippen LogP contribution in [0.15, 0.2) is 206 Å². The zero-order valence-electron chi connectivity index (χ0n) is 30.6. The third-order valence-corrected chi connectivity index (χ3v) is 12.3. The van der Waals surface area contributed by atoms with Crippen molar-refractivity contribution in [1.82, 2.24) is 0 Å². The summed E-state index contributed by atoms with van der Waals surface area (Å²) >= 11 is 0. The quantitative estimate of drug-likeness (QED) is 0.160. The van der Waals surface area contributed by atoms with E-state index in [1.54, 1.807) is 0 Å². The normalized spacial score (nSPS) is 11.9. The average Bonchev–Trinajstić information content (AvgIpc) is 3.27. The lowest BCUT2D eigenvalue weighted by Crippen LogP contribution is -1.92. The van der Waals surface area contributed by atoms with Gasteiger partial charge in [-0.15, -0.1) is 0 Å². The van der Waals surface area contributed by atoms with Crippen molar-refractivity contribution in [3.63, 3.8) is 0 Å². The largest absolute Gasteiger partial charge is 0.0616 e. The molecule has 0 spiro atoms. The van der Waals surface area contributed by atoms with Crippen molar-refractivity contribution in [3.05, 3.63) is 206 Å². The molecule has 0 saturated carbocycles. The Kier molecular flexibility index (Phi) is 6.73. The van der Waals surface area contributed by atoms with E-state index >= 15 is 0 Å². The summed E-state index contributed by atoms with van der Waals surface area (Å²) in [5.41, 5.74) is 10.0. The van der Waals surface area contributed by atoms with Crippen molar-refractivity contribution in [3.8, 4) is 44.5 Å². The highest BCUT2D eigenvalue weighted by Crippen LogP contribution is 2.47. The Hall–Kier alpha value is -7.28. The third kappa shape index (κ3) is 4.54. The number of rotatable bonds is 4. The van der Waals surface area contributed by atoms with Crippen LogP contribution in [-0.4, -0.2) is 0 Å². The molecule has 0 nitrogen and oxygen atoms in total. The molecule has 12 aromatic rings. The van der Waals surface area contributed by atoms with Gasteiger partial charge in [-0.3, -0.25) is 0 Å². The van der Waals surface area contributed by atoms with Crippen LogP contribution in [0, 0.1) is 0 Å². The fourth-order valence-electron chi connectivity index (χ4n) is 9.73. The predicted octanol–water partition coefficient (Wildman–Crippen LogP) is 15.9. The van der Waals surface area contributed by atoms with Crippen molar-refractivity contribution >= 4 is 75.4 Å². The highest BCUT2D eigenvalue weighted by Gasteiger charge is 2.19.